The second kappa shape index (κ2) is 5.40. The summed E-state index contributed by atoms with van der Waals surface area (Å²) in [7, 11) is 0. The van der Waals surface area contributed by atoms with Crippen LogP contribution < -0.4 is 5.32 Å². The summed E-state index contributed by atoms with van der Waals surface area (Å²) in [6, 6.07) is 11.7. The molecule has 18 heavy (non-hydrogen) atoms. The Morgan fingerprint density at radius 2 is 1.83 bits per heavy atom. The quantitative estimate of drug-likeness (QED) is 0.877. The van der Waals surface area contributed by atoms with Crippen molar-refractivity contribution < 1.29 is 9.50 Å². The molecule has 4 heteroatoms. The van der Waals surface area contributed by atoms with Gasteiger partial charge in [0.1, 0.15) is 11.6 Å². The molecule has 2 aromatic rings. The van der Waals surface area contributed by atoms with Crippen LogP contribution in [0.2, 0.25) is 0 Å². The third-order valence-electron chi connectivity index (χ3n) is 2.69. The molecule has 0 amide bonds. The zero-order chi connectivity index (χ0) is 13.1. The highest BCUT2D eigenvalue weighted by Crippen LogP contribution is 2.27. The number of halogens is 2. The Morgan fingerprint density at radius 3 is 2.44 bits per heavy atom. The van der Waals surface area contributed by atoms with Crippen molar-refractivity contribution in [1.29, 1.82) is 0 Å². The first kappa shape index (κ1) is 12.9. The van der Waals surface area contributed by atoms with E-state index in [2.05, 4.69) is 21.2 Å². The van der Waals surface area contributed by atoms with Crippen LogP contribution in [0.3, 0.4) is 0 Å². The number of phenols is 1. The maximum Gasteiger partial charge on any atom is 0.126 e. The van der Waals surface area contributed by atoms with E-state index in [0.29, 0.717) is 5.56 Å². The molecule has 0 radical (unpaired) electrons. The zero-order valence-corrected chi connectivity index (χ0v) is 11.4. The van der Waals surface area contributed by atoms with E-state index in [4.69, 9.17) is 0 Å². The van der Waals surface area contributed by atoms with E-state index < -0.39 is 5.82 Å². The molecule has 0 bridgehead atoms. The molecule has 2 rings (SSSR count). The Bertz CT molecular complexity index is 542. The van der Waals surface area contributed by atoms with Crippen molar-refractivity contribution in [2.24, 2.45) is 0 Å². The second-order valence-electron chi connectivity index (χ2n) is 4.08. The molecular weight excluding hydrogens is 297 g/mol. The average molecular weight is 310 g/mol. The van der Waals surface area contributed by atoms with Crippen LogP contribution in [-0.2, 0) is 0 Å². The number of anilines is 1. The highest BCUT2D eigenvalue weighted by molar-refractivity contribution is 9.10. The molecule has 2 N–H and O–H groups in total. The summed E-state index contributed by atoms with van der Waals surface area (Å²) in [5.41, 5.74) is 1.61. The van der Waals surface area contributed by atoms with Gasteiger partial charge in [0.25, 0.3) is 0 Å². The fourth-order valence-electron chi connectivity index (χ4n) is 1.76. The van der Waals surface area contributed by atoms with Gasteiger partial charge in [0.2, 0.25) is 0 Å². The number of hydrogen-bond donors (Lipinski definition) is 2. The fraction of sp³-hybridized carbons (Fsp3) is 0.143. The van der Waals surface area contributed by atoms with Crippen molar-refractivity contribution >= 4 is 21.6 Å². The van der Waals surface area contributed by atoms with Crippen molar-refractivity contribution in [3.8, 4) is 5.75 Å². The lowest BCUT2D eigenvalue weighted by atomic mass is 10.1. The smallest absolute Gasteiger partial charge is 0.126 e. The minimum atomic E-state index is -0.438. The lowest BCUT2D eigenvalue weighted by molar-refractivity contribution is 0.459. The van der Waals surface area contributed by atoms with Crippen LogP contribution in [0.1, 0.15) is 18.5 Å². The van der Waals surface area contributed by atoms with Crippen LogP contribution in [0.4, 0.5) is 10.1 Å². The van der Waals surface area contributed by atoms with Crippen molar-refractivity contribution in [2.45, 2.75) is 13.0 Å². The number of hydrogen-bond acceptors (Lipinski definition) is 2. The predicted octanol–water partition coefficient (Wildman–Crippen LogP) is 4.47. The summed E-state index contributed by atoms with van der Waals surface area (Å²) < 4.78 is 13.9. The Balaban J connectivity index is 2.16. The van der Waals surface area contributed by atoms with Gasteiger partial charge in [-0.2, -0.15) is 0 Å². The molecule has 0 aromatic heterocycles. The van der Waals surface area contributed by atoms with Gasteiger partial charge in [-0.3, -0.25) is 0 Å². The Hall–Kier alpha value is -1.55. The molecule has 1 atom stereocenters. The maximum atomic E-state index is 12.9. The van der Waals surface area contributed by atoms with Crippen LogP contribution in [0.15, 0.2) is 46.9 Å². The molecule has 0 saturated heterocycles. The van der Waals surface area contributed by atoms with Gasteiger partial charge >= 0.3 is 0 Å². The van der Waals surface area contributed by atoms with Crippen molar-refractivity contribution in [3.63, 3.8) is 0 Å². The molecular formula is C14H13BrFNO. The molecule has 0 aliphatic heterocycles. The average Bonchev–Trinajstić information content (AvgIpc) is 2.32. The number of aromatic hydroxyl groups is 1. The monoisotopic (exact) mass is 309 g/mol. The molecule has 0 heterocycles. The Morgan fingerprint density at radius 1 is 1.17 bits per heavy atom. The number of benzene rings is 2. The van der Waals surface area contributed by atoms with Gasteiger partial charge in [-0.1, -0.05) is 22.0 Å². The normalized spacial score (nSPS) is 12.2. The van der Waals surface area contributed by atoms with Crippen molar-refractivity contribution in [1.82, 2.24) is 0 Å². The van der Waals surface area contributed by atoms with Gasteiger partial charge in [-0.25, -0.2) is 4.39 Å². The van der Waals surface area contributed by atoms with Gasteiger partial charge in [-0.05, 0) is 37.3 Å². The summed E-state index contributed by atoms with van der Waals surface area (Å²) in [6.45, 7) is 1.91. The first-order chi connectivity index (χ1) is 8.56. The molecule has 0 fully saturated rings. The van der Waals surface area contributed by atoms with Gasteiger partial charge in [0.05, 0.1) is 6.04 Å². The third-order valence-corrected chi connectivity index (χ3v) is 3.22. The first-order valence-corrected chi connectivity index (χ1v) is 6.36. The Kier molecular flexibility index (Phi) is 3.87. The molecule has 0 aliphatic rings. The van der Waals surface area contributed by atoms with Crippen LogP contribution in [-0.4, -0.2) is 5.11 Å². The van der Waals surface area contributed by atoms with E-state index in [1.165, 1.54) is 6.07 Å². The van der Waals surface area contributed by atoms with Gasteiger partial charge in [0.15, 0.2) is 0 Å². The van der Waals surface area contributed by atoms with E-state index in [0.717, 1.165) is 16.2 Å². The SMILES string of the molecule is CC(Nc1ccc(Br)cc1)c1ccc(F)cc1O. The highest BCUT2D eigenvalue weighted by Gasteiger charge is 2.10. The maximum absolute atomic E-state index is 12.9. The van der Waals surface area contributed by atoms with Gasteiger partial charge in [0, 0.05) is 21.8 Å². The van der Waals surface area contributed by atoms with Crippen LogP contribution in [0.25, 0.3) is 0 Å². The molecule has 0 saturated carbocycles. The third kappa shape index (κ3) is 3.01. The van der Waals surface area contributed by atoms with Crippen molar-refractivity contribution in [3.05, 3.63) is 58.3 Å². The lowest BCUT2D eigenvalue weighted by Gasteiger charge is -2.17. The summed E-state index contributed by atoms with van der Waals surface area (Å²) >= 11 is 3.37. The van der Waals surface area contributed by atoms with E-state index in [-0.39, 0.29) is 11.8 Å². The molecule has 94 valence electrons. The highest BCUT2D eigenvalue weighted by atomic mass is 79.9. The predicted molar refractivity (Wildman–Crippen MR) is 74.2 cm³/mol. The zero-order valence-electron chi connectivity index (χ0n) is 9.82. The molecule has 2 aromatic carbocycles. The molecule has 0 aliphatic carbocycles. The van der Waals surface area contributed by atoms with Crippen LogP contribution in [0.5, 0.6) is 5.75 Å². The van der Waals surface area contributed by atoms with Gasteiger partial charge in [-0.15, -0.1) is 0 Å². The van der Waals surface area contributed by atoms with E-state index in [1.807, 2.05) is 31.2 Å². The summed E-state index contributed by atoms with van der Waals surface area (Å²) in [5.74, 6) is -0.473. The fourth-order valence-corrected chi connectivity index (χ4v) is 2.02. The van der Waals surface area contributed by atoms with E-state index in [1.54, 1.807) is 6.07 Å². The van der Waals surface area contributed by atoms with E-state index >= 15 is 0 Å². The minimum absolute atomic E-state index is 0.0351. The lowest BCUT2D eigenvalue weighted by Crippen LogP contribution is -2.06. The molecule has 0 spiro atoms. The van der Waals surface area contributed by atoms with E-state index in [9.17, 15) is 9.50 Å². The van der Waals surface area contributed by atoms with Crippen LogP contribution in [0, 0.1) is 5.82 Å². The molecule has 1 unspecified atom stereocenters. The first-order valence-electron chi connectivity index (χ1n) is 5.57. The summed E-state index contributed by atoms with van der Waals surface area (Å²) in [5, 5.41) is 12.9. The van der Waals surface area contributed by atoms with Crippen LogP contribution >= 0.6 is 15.9 Å². The number of rotatable bonds is 3. The second-order valence-corrected chi connectivity index (χ2v) is 4.99. The minimum Gasteiger partial charge on any atom is -0.507 e. The molecule has 2 nitrogen and oxygen atoms in total. The summed E-state index contributed by atoms with van der Waals surface area (Å²) in [6.07, 6.45) is 0. The number of nitrogens with one attached hydrogen (secondary N) is 1. The van der Waals surface area contributed by atoms with Gasteiger partial charge < -0.3 is 10.4 Å². The standard InChI is InChI=1S/C14H13BrFNO/c1-9(13-7-4-11(16)8-14(13)18)17-12-5-2-10(15)3-6-12/h2-9,17-18H,1H3. The number of phenolic OH excluding ortho intramolecular Hbond substituents is 1. The Labute approximate surface area is 114 Å². The topological polar surface area (TPSA) is 32.3 Å². The van der Waals surface area contributed by atoms with Crippen molar-refractivity contribution in [2.75, 3.05) is 5.32 Å². The summed E-state index contributed by atoms with van der Waals surface area (Å²) in [4.78, 5) is 0. The largest absolute Gasteiger partial charge is 0.507 e.